The number of para-hydroxylation sites is 3. The highest BCUT2D eigenvalue weighted by Gasteiger charge is 2.21. The Balaban J connectivity index is 1.88. The molecule has 0 aliphatic heterocycles. The van der Waals surface area contributed by atoms with E-state index in [0.717, 1.165) is 0 Å². The van der Waals surface area contributed by atoms with Crippen LogP contribution in [0.5, 0.6) is 5.75 Å². The van der Waals surface area contributed by atoms with Crippen LogP contribution in [-0.2, 0) is 4.79 Å². The Kier molecular flexibility index (Phi) is 6.59. The zero-order valence-corrected chi connectivity index (χ0v) is 17.8. The van der Waals surface area contributed by atoms with Gasteiger partial charge in [-0.25, -0.2) is 4.98 Å². The van der Waals surface area contributed by atoms with Gasteiger partial charge in [-0.1, -0.05) is 36.0 Å². The molecule has 152 valence electrons. The summed E-state index contributed by atoms with van der Waals surface area (Å²) < 4.78 is 7.21. The fourth-order valence-electron chi connectivity index (χ4n) is 2.96. The summed E-state index contributed by atoms with van der Waals surface area (Å²) in [4.78, 5) is 30.4. The van der Waals surface area contributed by atoms with Gasteiger partial charge in [0.15, 0.2) is 5.16 Å². The smallest absolute Gasteiger partial charge is 0.262 e. The molecule has 2 aromatic carbocycles. The third-order valence-electron chi connectivity index (χ3n) is 4.39. The molecule has 0 aliphatic rings. The summed E-state index contributed by atoms with van der Waals surface area (Å²) in [6.07, 6.45) is 0. The first-order valence-corrected chi connectivity index (χ1v) is 10.5. The lowest BCUT2D eigenvalue weighted by molar-refractivity contribution is -0.115. The molecule has 0 radical (unpaired) electrons. The molecule has 0 aliphatic carbocycles. The van der Waals surface area contributed by atoms with Crippen molar-refractivity contribution in [1.29, 1.82) is 0 Å². The van der Waals surface area contributed by atoms with Gasteiger partial charge in [0.2, 0.25) is 5.91 Å². The minimum absolute atomic E-state index is 0.0731. The Morgan fingerprint density at radius 2 is 1.83 bits per heavy atom. The summed E-state index contributed by atoms with van der Waals surface area (Å²) in [5.41, 5.74) is 1.16. The largest absolute Gasteiger partial charge is 0.492 e. The number of benzene rings is 2. The van der Waals surface area contributed by atoms with E-state index < -0.39 is 5.25 Å². The topological polar surface area (TPSA) is 73.2 Å². The zero-order valence-electron chi connectivity index (χ0n) is 17.0. The molecular weight excluding hydrogens is 386 g/mol. The van der Waals surface area contributed by atoms with Gasteiger partial charge in [-0.15, -0.1) is 0 Å². The molecule has 29 heavy (non-hydrogen) atoms. The molecule has 0 spiro atoms. The second-order valence-electron chi connectivity index (χ2n) is 6.86. The first-order chi connectivity index (χ1) is 13.9. The fraction of sp³-hybridized carbons (Fsp3) is 0.318. The van der Waals surface area contributed by atoms with Gasteiger partial charge in [0.05, 0.1) is 28.4 Å². The highest BCUT2D eigenvalue weighted by Crippen LogP contribution is 2.28. The van der Waals surface area contributed by atoms with Crippen molar-refractivity contribution in [2.24, 2.45) is 0 Å². The van der Waals surface area contributed by atoms with Crippen molar-refractivity contribution < 1.29 is 9.53 Å². The van der Waals surface area contributed by atoms with E-state index >= 15 is 0 Å². The molecule has 0 saturated heterocycles. The van der Waals surface area contributed by atoms with E-state index in [0.29, 0.717) is 34.1 Å². The maximum Gasteiger partial charge on any atom is 0.262 e. The quantitative estimate of drug-likeness (QED) is 0.458. The molecule has 1 amide bonds. The number of nitrogens with zero attached hydrogens (tertiary/aromatic N) is 2. The zero-order chi connectivity index (χ0) is 21.0. The number of carbonyl (C=O) groups is 1. The van der Waals surface area contributed by atoms with Gasteiger partial charge in [0.1, 0.15) is 5.75 Å². The molecule has 7 heteroatoms. The number of fused-ring (bicyclic) bond motifs is 1. The average molecular weight is 412 g/mol. The Labute approximate surface area is 174 Å². The van der Waals surface area contributed by atoms with Gasteiger partial charge in [-0.05, 0) is 52.0 Å². The van der Waals surface area contributed by atoms with Gasteiger partial charge in [0.25, 0.3) is 5.56 Å². The van der Waals surface area contributed by atoms with Crippen LogP contribution in [0, 0.1) is 0 Å². The molecule has 1 aromatic heterocycles. The lowest BCUT2D eigenvalue weighted by atomic mass is 10.2. The van der Waals surface area contributed by atoms with Crippen molar-refractivity contribution in [2.75, 3.05) is 11.9 Å². The number of nitrogens with one attached hydrogen (secondary N) is 1. The summed E-state index contributed by atoms with van der Waals surface area (Å²) in [6.45, 7) is 8.08. The Bertz CT molecular complexity index is 1080. The number of hydrogen-bond acceptors (Lipinski definition) is 5. The number of aromatic nitrogens is 2. The molecule has 0 bridgehead atoms. The highest BCUT2D eigenvalue weighted by atomic mass is 32.2. The molecule has 3 aromatic rings. The number of anilines is 1. The van der Waals surface area contributed by atoms with Crippen molar-refractivity contribution in [3.8, 4) is 5.75 Å². The summed E-state index contributed by atoms with van der Waals surface area (Å²) >= 11 is 1.27. The predicted molar refractivity (Wildman–Crippen MR) is 118 cm³/mol. The van der Waals surface area contributed by atoms with Crippen LogP contribution in [0.1, 0.15) is 33.7 Å². The molecule has 6 nitrogen and oxygen atoms in total. The number of amides is 1. The van der Waals surface area contributed by atoms with Crippen molar-refractivity contribution in [1.82, 2.24) is 9.55 Å². The minimum Gasteiger partial charge on any atom is -0.492 e. The second-order valence-corrected chi connectivity index (χ2v) is 8.17. The fourth-order valence-corrected chi connectivity index (χ4v) is 4.00. The molecule has 3 rings (SSSR count). The monoisotopic (exact) mass is 411 g/mol. The summed E-state index contributed by atoms with van der Waals surface area (Å²) in [7, 11) is 0. The molecule has 1 atom stereocenters. The third-order valence-corrected chi connectivity index (χ3v) is 5.45. The van der Waals surface area contributed by atoms with Crippen LogP contribution in [0.25, 0.3) is 10.9 Å². The number of carbonyl (C=O) groups excluding carboxylic acids is 1. The lowest BCUT2D eigenvalue weighted by Crippen LogP contribution is -2.28. The van der Waals surface area contributed by atoms with Crippen LogP contribution in [0.2, 0.25) is 0 Å². The molecular formula is C22H25N3O3S. The van der Waals surface area contributed by atoms with Gasteiger partial charge < -0.3 is 10.1 Å². The van der Waals surface area contributed by atoms with E-state index in [2.05, 4.69) is 10.3 Å². The third kappa shape index (κ3) is 4.62. The molecule has 0 saturated carbocycles. The van der Waals surface area contributed by atoms with Gasteiger partial charge >= 0.3 is 0 Å². The van der Waals surface area contributed by atoms with Gasteiger partial charge in [-0.2, -0.15) is 0 Å². The summed E-state index contributed by atoms with van der Waals surface area (Å²) in [6, 6.07) is 14.5. The maximum absolute atomic E-state index is 12.9. The number of ether oxygens (including phenoxy) is 1. The van der Waals surface area contributed by atoms with E-state index in [4.69, 9.17) is 4.74 Å². The lowest BCUT2D eigenvalue weighted by Gasteiger charge is -2.19. The normalized spacial score (nSPS) is 12.2. The van der Waals surface area contributed by atoms with E-state index in [1.54, 1.807) is 23.6 Å². The van der Waals surface area contributed by atoms with Crippen molar-refractivity contribution in [2.45, 2.75) is 44.1 Å². The van der Waals surface area contributed by atoms with Crippen molar-refractivity contribution in [3.63, 3.8) is 0 Å². The summed E-state index contributed by atoms with van der Waals surface area (Å²) in [5.74, 6) is 0.448. The Morgan fingerprint density at radius 3 is 2.55 bits per heavy atom. The Morgan fingerprint density at radius 1 is 1.14 bits per heavy atom. The van der Waals surface area contributed by atoms with Crippen LogP contribution in [-0.4, -0.2) is 27.3 Å². The molecule has 1 heterocycles. The highest BCUT2D eigenvalue weighted by molar-refractivity contribution is 8.00. The number of thioether (sulfide) groups is 1. The van der Waals surface area contributed by atoms with Crippen molar-refractivity contribution >= 4 is 34.3 Å². The van der Waals surface area contributed by atoms with Gasteiger partial charge in [-0.3, -0.25) is 14.2 Å². The van der Waals surface area contributed by atoms with Crippen LogP contribution >= 0.6 is 11.8 Å². The van der Waals surface area contributed by atoms with E-state index in [-0.39, 0.29) is 17.5 Å². The average Bonchev–Trinajstić information content (AvgIpc) is 2.69. The predicted octanol–water partition coefficient (Wildman–Crippen LogP) is 4.50. The Hall–Kier alpha value is -2.80. The van der Waals surface area contributed by atoms with E-state index in [1.807, 2.05) is 57.2 Å². The SMILES string of the molecule is CCOc1ccccc1NC(=O)[C@@H](C)Sc1nc2ccccc2c(=O)n1C(C)C. The maximum atomic E-state index is 12.9. The molecule has 1 N–H and O–H groups in total. The molecule has 0 fully saturated rings. The van der Waals surface area contributed by atoms with Crippen LogP contribution < -0.4 is 15.6 Å². The first-order valence-electron chi connectivity index (χ1n) is 9.63. The minimum atomic E-state index is -0.456. The number of hydrogen-bond donors (Lipinski definition) is 1. The molecule has 0 unspecified atom stereocenters. The van der Waals surface area contributed by atoms with Crippen LogP contribution in [0.15, 0.2) is 58.5 Å². The standard InChI is InChI=1S/C22H25N3O3S/c1-5-28-19-13-9-8-12-18(19)23-20(26)15(4)29-22-24-17-11-7-6-10-16(17)21(27)25(22)14(2)3/h6-15H,5H2,1-4H3,(H,23,26)/t15-/m1/s1. The van der Waals surface area contributed by atoms with Crippen LogP contribution in [0.4, 0.5) is 5.69 Å². The summed E-state index contributed by atoms with van der Waals surface area (Å²) in [5, 5.41) is 3.57. The first kappa shape index (κ1) is 20.9. The van der Waals surface area contributed by atoms with E-state index in [1.165, 1.54) is 11.8 Å². The van der Waals surface area contributed by atoms with Crippen LogP contribution in [0.3, 0.4) is 0 Å². The second kappa shape index (κ2) is 9.13. The number of rotatable bonds is 7. The van der Waals surface area contributed by atoms with Crippen molar-refractivity contribution in [3.05, 3.63) is 58.9 Å². The van der Waals surface area contributed by atoms with E-state index in [9.17, 15) is 9.59 Å². The van der Waals surface area contributed by atoms with Gasteiger partial charge in [0, 0.05) is 6.04 Å².